The zero-order valence-electron chi connectivity index (χ0n) is 12.1. The molecule has 2 rings (SSSR count). The lowest BCUT2D eigenvalue weighted by atomic mass is 9.89. The molecule has 1 N–H and O–H groups in total. The maximum absolute atomic E-state index is 11.4. The maximum atomic E-state index is 11.4. The zero-order chi connectivity index (χ0) is 14.7. The van der Waals surface area contributed by atoms with Crippen LogP contribution in [-0.2, 0) is 4.79 Å². The third-order valence-electron chi connectivity index (χ3n) is 3.74. The first kappa shape index (κ1) is 14.7. The molecule has 0 bridgehead atoms. The summed E-state index contributed by atoms with van der Waals surface area (Å²) in [5.74, 6) is 0.221. The number of benzene rings is 1. The topological polar surface area (TPSA) is 59.0 Å². The van der Waals surface area contributed by atoms with E-state index in [1.54, 1.807) is 7.11 Å². The van der Waals surface area contributed by atoms with E-state index in [-0.39, 0.29) is 11.8 Å². The molecule has 0 radical (unpaired) electrons. The highest BCUT2D eigenvalue weighted by atomic mass is 16.5. The van der Waals surface area contributed by atoms with Gasteiger partial charge in [0.1, 0.15) is 0 Å². The summed E-state index contributed by atoms with van der Waals surface area (Å²) in [4.78, 5) is 13.4. The minimum atomic E-state index is -0.742. The largest absolute Gasteiger partial charge is 0.493 e. The van der Waals surface area contributed by atoms with Gasteiger partial charge in [0, 0.05) is 19.0 Å². The number of methoxy groups -OCH3 is 1. The molecule has 1 heterocycles. The minimum Gasteiger partial charge on any atom is -0.493 e. The molecule has 1 saturated heterocycles. The summed E-state index contributed by atoms with van der Waals surface area (Å²) in [7, 11) is 3.55. The fraction of sp³-hybridized carbons (Fsp3) is 0.533. The SMILES string of the molecule is CCOc1cc(C2CN(C)CC2C(=O)O)ccc1OC. The molecule has 2 unspecified atom stereocenters. The monoisotopic (exact) mass is 279 g/mol. The Labute approximate surface area is 119 Å². The van der Waals surface area contributed by atoms with Crippen LogP contribution in [0.3, 0.4) is 0 Å². The zero-order valence-corrected chi connectivity index (χ0v) is 12.1. The molecular formula is C15H21NO4. The van der Waals surface area contributed by atoms with Gasteiger partial charge in [-0.2, -0.15) is 0 Å². The Hall–Kier alpha value is -1.75. The van der Waals surface area contributed by atoms with Crippen molar-refractivity contribution in [3.05, 3.63) is 23.8 Å². The van der Waals surface area contributed by atoms with Crippen LogP contribution < -0.4 is 9.47 Å². The van der Waals surface area contributed by atoms with Crippen LogP contribution >= 0.6 is 0 Å². The van der Waals surface area contributed by atoms with Gasteiger partial charge in [-0.05, 0) is 31.7 Å². The van der Waals surface area contributed by atoms with Crippen LogP contribution in [0.25, 0.3) is 0 Å². The fourth-order valence-corrected chi connectivity index (χ4v) is 2.78. The summed E-state index contributed by atoms with van der Waals surface area (Å²) in [5.41, 5.74) is 0.992. The summed E-state index contributed by atoms with van der Waals surface area (Å²) in [6.45, 7) is 3.78. The van der Waals surface area contributed by atoms with Gasteiger partial charge in [0.05, 0.1) is 19.6 Å². The summed E-state index contributed by atoms with van der Waals surface area (Å²) >= 11 is 0. The van der Waals surface area contributed by atoms with Crippen LogP contribution in [0.2, 0.25) is 0 Å². The first-order valence-corrected chi connectivity index (χ1v) is 6.78. The summed E-state index contributed by atoms with van der Waals surface area (Å²) in [6, 6.07) is 5.68. The van der Waals surface area contributed by atoms with Gasteiger partial charge in [-0.1, -0.05) is 6.07 Å². The van der Waals surface area contributed by atoms with Gasteiger partial charge in [-0.3, -0.25) is 4.79 Å². The van der Waals surface area contributed by atoms with Crippen molar-refractivity contribution < 1.29 is 19.4 Å². The van der Waals surface area contributed by atoms with Crippen molar-refractivity contribution in [2.45, 2.75) is 12.8 Å². The molecule has 0 spiro atoms. The van der Waals surface area contributed by atoms with E-state index in [9.17, 15) is 9.90 Å². The lowest BCUT2D eigenvalue weighted by Gasteiger charge is -2.17. The third kappa shape index (κ3) is 2.88. The van der Waals surface area contributed by atoms with Crippen molar-refractivity contribution in [1.29, 1.82) is 0 Å². The molecule has 5 heteroatoms. The molecule has 0 aromatic heterocycles. The van der Waals surface area contributed by atoms with Gasteiger partial charge in [0.15, 0.2) is 11.5 Å². The molecule has 1 aromatic carbocycles. The lowest BCUT2D eigenvalue weighted by Crippen LogP contribution is -2.21. The maximum Gasteiger partial charge on any atom is 0.308 e. The number of carboxylic acid groups (broad SMARTS) is 1. The standard InChI is InChI=1S/C15H21NO4/c1-4-20-14-7-10(5-6-13(14)19-3)11-8-16(2)9-12(11)15(17)18/h5-7,11-12H,4,8-9H2,1-3H3,(H,17,18). The smallest absolute Gasteiger partial charge is 0.308 e. The van der Waals surface area contributed by atoms with E-state index in [1.165, 1.54) is 0 Å². The summed E-state index contributed by atoms with van der Waals surface area (Å²) in [5, 5.41) is 9.35. The average molecular weight is 279 g/mol. The van der Waals surface area contributed by atoms with Crippen LogP contribution in [-0.4, -0.2) is 49.8 Å². The van der Waals surface area contributed by atoms with Gasteiger partial charge in [0.2, 0.25) is 0 Å². The average Bonchev–Trinajstić information content (AvgIpc) is 2.81. The number of hydrogen-bond acceptors (Lipinski definition) is 4. The predicted molar refractivity (Wildman–Crippen MR) is 75.5 cm³/mol. The van der Waals surface area contributed by atoms with E-state index in [0.29, 0.717) is 24.7 Å². The van der Waals surface area contributed by atoms with Crippen LogP contribution in [0.15, 0.2) is 18.2 Å². The molecule has 1 aliphatic rings. The molecule has 0 saturated carbocycles. The van der Waals surface area contributed by atoms with Gasteiger partial charge in [0.25, 0.3) is 0 Å². The second-order valence-electron chi connectivity index (χ2n) is 5.12. The van der Waals surface area contributed by atoms with Crippen molar-refractivity contribution in [1.82, 2.24) is 4.90 Å². The van der Waals surface area contributed by atoms with Crippen molar-refractivity contribution in [3.8, 4) is 11.5 Å². The predicted octanol–water partition coefficient (Wildman–Crippen LogP) is 1.82. The number of carboxylic acids is 1. The fourth-order valence-electron chi connectivity index (χ4n) is 2.78. The van der Waals surface area contributed by atoms with Crippen molar-refractivity contribution >= 4 is 5.97 Å². The van der Waals surface area contributed by atoms with Gasteiger partial charge >= 0.3 is 5.97 Å². The first-order valence-electron chi connectivity index (χ1n) is 6.78. The van der Waals surface area contributed by atoms with E-state index in [0.717, 1.165) is 12.1 Å². The van der Waals surface area contributed by atoms with E-state index >= 15 is 0 Å². The highest BCUT2D eigenvalue weighted by Gasteiger charge is 2.37. The quantitative estimate of drug-likeness (QED) is 0.891. The Morgan fingerprint density at radius 3 is 2.75 bits per heavy atom. The summed E-state index contributed by atoms with van der Waals surface area (Å²) in [6.07, 6.45) is 0. The molecular weight excluding hydrogens is 258 g/mol. The normalized spacial score (nSPS) is 22.8. The number of likely N-dealkylation sites (tertiary alicyclic amines) is 1. The molecule has 1 aromatic rings. The van der Waals surface area contributed by atoms with Crippen molar-refractivity contribution in [2.75, 3.05) is 33.9 Å². The van der Waals surface area contributed by atoms with Crippen LogP contribution in [0.1, 0.15) is 18.4 Å². The Morgan fingerprint density at radius 2 is 2.15 bits per heavy atom. The van der Waals surface area contributed by atoms with Crippen LogP contribution in [0.5, 0.6) is 11.5 Å². The number of likely N-dealkylation sites (N-methyl/N-ethyl adjacent to an activating group) is 1. The van der Waals surface area contributed by atoms with Crippen molar-refractivity contribution in [3.63, 3.8) is 0 Å². The van der Waals surface area contributed by atoms with Gasteiger partial charge < -0.3 is 19.5 Å². The van der Waals surface area contributed by atoms with E-state index in [2.05, 4.69) is 0 Å². The van der Waals surface area contributed by atoms with Gasteiger partial charge in [-0.25, -0.2) is 0 Å². The highest BCUT2D eigenvalue weighted by molar-refractivity contribution is 5.72. The van der Waals surface area contributed by atoms with E-state index in [1.807, 2.05) is 37.1 Å². The molecule has 1 fully saturated rings. The third-order valence-corrected chi connectivity index (χ3v) is 3.74. The Kier molecular flexibility index (Phi) is 4.49. The molecule has 5 nitrogen and oxygen atoms in total. The minimum absolute atomic E-state index is 0.0115. The molecule has 20 heavy (non-hydrogen) atoms. The highest BCUT2D eigenvalue weighted by Crippen LogP contribution is 2.37. The number of ether oxygens (including phenoxy) is 2. The van der Waals surface area contributed by atoms with Gasteiger partial charge in [-0.15, -0.1) is 0 Å². The Morgan fingerprint density at radius 1 is 1.40 bits per heavy atom. The van der Waals surface area contributed by atoms with Crippen LogP contribution in [0.4, 0.5) is 0 Å². The number of carbonyl (C=O) groups is 1. The second kappa shape index (κ2) is 6.13. The Bertz CT molecular complexity index is 489. The van der Waals surface area contributed by atoms with E-state index < -0.39 is 5.97 Å². The molecule has 2 atom stereocenters. The van der Waals surface area contributed by atoms with E-state index in [4.69, 9.17) is 9.47 Å². The number of rotatable bonds is 5. The number of hydrogen-bond donors (Lipinski definition) is 1. The number of nitrogens with zero attached hydrogens (tertiary/aromatic N) is 1. The molecule has 0 aliphatic carbocycles. The number of aliphatic carboxylic acids is 1. The van der Waals surface area contributed by atoms with Crippen LogP contribution in [0, 0.1) is 5.92 Å². The van der Waals surface area contributed by atoms with Crippen molar-refractivity contribution in [2.24, 2.45) is 5.92 Å². The first-order chi connectivity index (χ1) is 9.56. The summed E-state index contributed by atoms with van der Waals surface area (Å²) < 4.78 is 10.8. The molecule has 1 aliphatic heterocycles. The lowest BCUT2D eigenvalue weighted by molar-refractivity contribution is -0.141. The Balaban J connectivity index is 2.32. The molecule has 0 amide bonds. The molecule has 110 valence electrons. The second-order valence-corrected chi connectivity index (χ2v) is 5.12.